The molecule has 0 spiro atoms. The number of rotatable bonds is 4. The standard InChI is InChI=1S/C16H16F2N2O/c1-2-3-10-4-6-11(7-5-10)20-16(21)12-8-13(17)14(18)9-15(12)19/h4-9H,2-3,19H2,1H3,(H,20,21). The van der Waals surface area contributed by atoms with Gasteiger partial charge in [0.25, 0.3) is 5.91 Å². The monoisotopic (exact) mass is 290 g/mol. The van der Waals surface area contributed by atoms with Crippen molar-refractivity contribution in [2.24, 2.45) is 0 Å². The molecular weight excluding hydrogens is 274 g/mol. The second-order valence-electron chi connectivity index (χ2n) is 4.75. The molecule has 0 aliphatic heterocycles. The number of carbonyl (C=O) groups is 1. The summed E-state index contributed by atoms with van der Waals surface area (Å²) in [7, 11) is 0. The fourth-order valence-corrected chi connectivity index (χ4v) is 2.00. The van der Waals surface area contributed by atoms with Crippen LogP contribution < -0.4 is 11.1 Å². The number of anilines is 2. The lowest BCUT2D eigenvalue weighted by molar-refractivity contribution is 0.102. The van der Waals surface area contributed by atoms with E-state index >= 15 is 0 Å². The number of hydrogen-bond donors (Lipinski definition) is 2. The molecule has 0 unspecified atom stereocenters. The summed E-state index contributed by atoms with van der Waals surface area (Å²) in [5, 5.41) is 2.61. The Morgan fingerprint density at radius 2 is 1.76 bits per heavy atom. The molecule has 0 atom stereocenters. The molecule has 0 heterocycles. The second kappa shape index (κ2) is 6.35. The van der Waals surface area contributed by atoms with Crippen molar-refractivity contribution in [2.75, 3.05) is 11.1 Å². The molecule has 0 fully saturated rings. The van der Waals surface area contributed by atoms with E-state index in [2.05, 4.69) is 12.2 Å². The molecule has 0 radical (unpaired) electrons. The summed E-state index contributed by atoms with van der Waals surface area (Å²) >= 11 is 0. The Kier molecular flexibility index (Phi) is 4.52. The number of nitrogen functional groups attached to an aromatic ring is 1. The zero-order valence-electron chi connectivity index (χ0n) is 11.6. The van der Waals surface area contributed by atoms with E-state index in [1.54, 1.807) is 12.1 Å². The van der Waals surface area contributed by atoms with Gasteiger partial charge in [-0.3, -0.25) is 4.79 Å². The van der Waals surface area contributed by atoms with Gasteiger partial charge in [-0.25, -0.2) is 8.78 Å². The molecule has 2 aromatic rings. The molecule has 1 amide bonds. The van der Waals surface area contributed by atoms with E-state index in [1.807, 2.05) is 12.1 Å². The van der Waals surface area contributed by atoms with Gasteiger partial charge in [0, 0.05) is 17.4 Å². The number of halogens is 2. The highest BCUT2D eigenvalue weighted by atomic mass is 19.2. The van der Waals surface area contributed by atoms with Gasteiger partial charge in [0.2, 0.25) is 0 Å². The summed E-state index contributed by atoms with van der Waals surface area (Å²) in [6.07, 6.45) is 2.00. The van der Waals surface area contributed by atoms with Gasteiger partial charge in [0.05, 0.1) is 5.56 Å². The first-order valence-electron chi connectivity index (χ1n) is 6.66. The normalized spacial score (nSPS) is 10.4. The average molecular weight is 290 g/mol. The zero-order chi connectivity index (χ0) is 15.4. The van der Waals surface area contributed by atoms with Gasteiger partial charge in [-0.05, 0) is 30.2 Å². The summed E-state index contributed by atoms with van der Waals surface area (Å²) in [5.41, 5.74) is 7.09. The zero-order valence-corrected chi connectivity index (χ0v) is 11.6. The van der Waals surface area contributed by atoms with Gasteiger partial charge in [-0.1, -0.05) is 25.5 Å². The Morgan fingerprint density at radius 1 is 1.14 bits per heavy atom. The van der Waals surface area contributed by atoms with Gasteiger partial charge in [-0.15, -0.1) is 0 Å². The molecule has 0 saturated heterocycles. The first kappa shape index (κ1) is 15.0. The molecule has 5 heteroatoms. The number of hydrogen-bond acceptors (Lipinski definition) is 2. The van der Waals surface area contributed by atoms with Crippen LogP contribution in [0.1, 0.15) is 29.3 Å². The maximum Gasteiger partial charge on any atom is 0.257 e. The predicted octanol–water partition coefficient (Wildman–Crippen LogP) is 3.75. The van der Waals surface area contributed by atoms with Crippen LogP contribution in [0.4, 0.5) is 20.2 Å². The van der Waals surface area contributed by atoms with Gasteiger partial charge in [-0.2, -0.15) is 0 Å². The van der Waals surface area contributed by atoms with Crippen LogP contribution in [-0.4, -0.2) is 5.91 Å². The third-order valence-corrected chi connectivity index (χ3v) is 3.09. The Bertz CT molecular complexity index is 654. The molecule has 0 aliphatic rings. The van der Waals surface area contributed by atoms with Crippen LogP contribution in [0.3, 0.4) is 0 Å². The van der Waals surface area contributed by atoms with E-state index in [-0.39, 0.29) is 11.3 Å². The summed E-state index contributed by atoms with van der Waals surface area (Å²) in [6.45, 7) is 2.08. The minimum absolute atomic E-state index is 0.0912. The molecule has 3 N–H and O–H groups in total. The van der Waals surface area contributed by atoms with Crippen molar-refractivity contribution in [2.45, 2.75) is 19.8 Å². The molecule has 2 rings (SSSR count). The SMILES string of the molecule is CCCc1ccc(NC(=O)c2cc(F)c(F)cc2N)cc1. The minimum atomic E-state index is -1.10. The molecule has 21 heavy (non-hydrogen) atoms. The van der Waals surface area contributed by atoms with E-state index in [9.17, 15) is 13.6 Å². The molecule has 110 valence electrons. The Hall–Kier alpha value is -2.43. The first-order valence-corrected chi connectivity index (χ1v) is 6.66. The second-order valence-corrected chi connectivity index (χ2v) is 4.75. The van der Waals surface area contributed by atoms with Crippen molar-refractivity contribution in [3.63, 3.8) is 0 Å². The van der Waals surface area contributed by atoms with Crippen LogP contribution >= 0.6 is 0 Å². The van der Waals surface area contributed by atoms with E-state index < -0.39 is 17.5 Å². The molecule has 2 aromatic carbocycles. The predicted molar refractivity (Wildman–Crippen MR) is 79.2 cm³/mol. The van der Waals surface area contributed by atoms with Crippen LogP contribution in [0, 0.1) is 11.6 Å². The van der Waals surface area contributed by atoms with Crippen molar-refractivity contribution in [3.8, 4) is 0 Å². The van der Waals surface area contributed by atoms with Crippen molar-refractivity contribution in [1.82, 2.24) is 0 Å². The van der Waals surface area contributed by atoms with Crippen LogP contribution in [0.2, 0.25) is 0 Å². The minimum Gasteiger partial charge on any atom is -0.398 e. The van der Waals surface area contributed by atoms with E-state index in [4.69, 9.17) is 5.73 Å². The maximum atomic E-state index is 13.2. The van der Waals surface area contributed by atoms with E-state index in [0.717, 1.165) is 25.0 Å². The highest BCUT2D eigenvalue weighted by Gasteiger charge is 2.14. The van der Waals surface area contributed by atoms with Gasteiger partial charge >= 0.3 is 0 Å². The summed E-state index contributed by atoms with van der Waals surface area (Å²) in [6, 6.07) is 8.94. The molecule has 0 aliphatic carbocycles. The molecule has 0 aromatic heterocycles. The maximum absolute atomic E-state index is 13.2. The van der Waals surface area contributed by atoms with Crippen LogP contribution in [-0.2, 0) is 6.42 Å². The van der Waals surface area contributed by atoms with E-state index in [0.29, 0.717) is 5.69 Å². The highest BCUT2D eigenvalue weighted by molar-refractivity contribution is 6.07. The van der Waals surface area contributed by atoms with E-state index in [1.165, 1.54) is 5.56 Å². The third kappa shape index (κ3) is 3.56. The number of carbonyl (C=O) groups excluding carboxylic acids is 1. The van der Waals surface area contributed by atoms with Crippen LogP contribution in [0.25, 0.3) is 0 Å². The lowest BCUT2D eigenvalue weighted by Crippen LogP contribution is -2.15. The van der Waals surface area contributed by atoms with Gasteiger partial charge in [0.1, 0.15) is 0 Å². The van der Waals surface area contributed by atoms with Gasteiger partial charge < -0.3 is 11.1 Å². The Labute approximate surface area is 121 Å². The first-order chi connectivity index (χ1) is 10.0. The molecule has 3 nitrogen and oxygen atoms in total. The lowest BCUT2D eigenvalue weighted by Gasteiger charge is -2.09. The third-order valence-electron chi connectivity index (χ3n) is 3.09. The average Bonchev–Trinajstić information content (AvgIpc) is 2.45. The van der Waals surface area contributed by atoms with Crippen LogP contribution in [0.5, 0.6) is 0 Å². The number of amides is 1. The van der Waals surface area contributed by atoms with Crippen molar-refractivity contribution in [3.05, 3.63) is 59.2 Å². The number of nitrogens with two attached hydrogens (primary N) is 1. The van der Waals surface area contributed by atoms with Crippen molar-refractivity contribution >= 4 is 17.3 Å². The lowest BCUT2D eigenvalue weighted by atomic mass is 10.1. The fraction of sp³-hybridized carbons (Fsp3) is 0.188. The number of nitrogens with one attached hydrogen (secondary N) is 1. The summed E-state index contributed by atoms with van der Waals surface area (Å²) < 4.78 is 26.2. The molecular formula is C16H16F2N2O. The van der Waals surface area contributed by atoms with Crippen molar-refractivity contribution < 1.29 is 13.6 Å². The van der Waals surface area contributed by atoms with Crippen molar-refractivity contribution in [1.29, 1.82) is 0 Å². The number of aryl methyl sites for hydroxylation is 1. The smallest absolute Gasteiger partial charge is 0.257 e. The molecule has 0 saturated carbocycles. The summed E-state index contributed by atoms with van der Waals surface area (Å²) in [4.78, 5) is 12.0. The summed E-state index contributed by atoms with van der Waals surface area (Å²) in [5.74, 6) is -2.75. The van der Waals surface area contributed by atoms with Gasteiger partial charge in [0.15, 0.2) is 11.6 Å². The number of benzene rings is 2. The largest absolute Gasteiger partial charge is 0.398 e. The highest BCUT2D eigenvalue weighted by Crippen LogP contribution is 2.19. The molecule has 0 bridgehead atoms. The Balaban J connectivity index is 2.16. The Morgan fingerprint density at radius 3 is 2.38 bits per heavy atom. The quantitative estimate of drug-likeness (QED) is 0.842. The topological polar surface area (TPSA) is 55.1 Å². The fourth-order valence-electron chi connectivity index (χ4n) is 2.00. The van der Waals surface area contributed by atoms with Crippen LogP contribution in [0.15, 0.2) is 36.4 Å².